The number of hydrogen-bond donors (Lipinski definition) is 2. The summed E-state index contributed by atoms with van der Waals surface area (Å²) in [6.45, 7) is 6.30. The van der Waals surface area contributed by atoms with Crippen molar-refractivity contribution in [3.8, 4) is 5.75 Å². The SMILES string of the molecule is CC1(C)COP(=S)(CN[S+]([O-])CN(C(=O)O)c2cccc3c2OC(C)(C)C3)OC1. The number of para-hydroxylation sites is 1. The molecular formula is C18H27N2O6PS2. The lowest BCUT2D eigenvalue weighted by atomic mass is 9.97. The smallest absolute Gasteiger partial charge is 0.415 e. The maximum absolute atomic E-state index is 12.6. The van der Waals surface area contributed by atoms with Gasteiger partial charge in [-0.3, -0.25) is 0 Å². The first kappa shape index (κ1) is 22.8. The zero-order chi connectivity index (χ0) is 21.4. The monoisotopic (exact) mass is 462 g/mol. The Bertz CT molecular complexity index is 821. The maximum atomic E-state index is 12.6. The van der Waals surface area contributed by atoms with Gasteiger partial charge in [0.05, 0.1) is 30.3 Å². The van der Waals surface area contributed by atoms with Crippen LogP contribution in [0, 0.1) is 5.41 Å². The lowest BCUT2D eigenvalue weighted by Crippen LogP contribution is -2.41. The number of carbonyl (C=O) groups is 1. The van der Waals surface area contributed by atoms with E-state index in [-0.39, 0.29) is 17.6 Å². The number of anilines is 1. The van der Waals surface area contributed by atoms with Crippen molar-refractivity contribution < 1.29 is 28.2 Å². The summed E-state index contributed by atoms with van der Waals surface area (Å²) in [6, 6.07) is 5.34. The molecule has 8 nitrogen and oxygen atoms in total. The Hall–Kier alpha value is -0.870. The second-order valence-electron chi connectivity index (χ2n) is 8.61. The van der Waals surface area contributed by atoms with Crippen LogP contribution in [-0.4, -0.2) is 46.7 Å². The highest BCUT2D eigenvalue weighted by Gasteiger charge is 2.37. The topological polar surface area (TPSA) is 103 Å². The van der Waals surface area contributed by atoms with E-state index in [1.165, 1.54) is 0 Å². The summed E-state index contributed by atoms with van der Waals surface area (Å²) in [5.41, 5.74) is 0.788. The second-order valence-corrected chi connectivity index (χ2v) is 13.6. The molecule has 0 aromatic heterocycles. The molecule has 0 aliphatic carbocycles. The quantitative estimate of drug-likeness (QED) is 0.490. The largest absolute Gasteiger partial charge is 0.597 e. The van der Waals surface area contributed by atoms with Crippen LogP contribution in [0.3, 0.4) is 0 Å². The standard InChI is InChI=1S/C18H27N2O6PS2/c1-17(2)9-24-27(28,25-10-17)11-19-29(23)12-20(16(21)22)14-7-5-6-13-8-18(3,4)26-15(13)14/h5-7,19H,8-12H2,1-4H3,(H,21,22). The molecule has 1 fully saturated rings. The zero-order valence-electron chi connectivity index (χ0n) is 17.0. The molecule has 11 heteroatoms. The van der Waals surface area contributed by atoms with Crippen LogP contribution in [0.25, 0.3) is 0 Å². The van der Waals surface area contributed by atoms with Crippen molar-refractivity contribution in [3.05, 3.63) is 23.8 Å². The first-order chi connectivity index (χ1) is 13.4. The molecule has 0 bridgehead atoms. The molecule has 1 saturated heterocycles. The summed E-state index contributed by atoms with van der Waals surface area (Å²) in [6.07, 6.45) is -0.426. The number of ether oxygens (including phenoxy) is 1. The van der Waals surface area contributed by atoms with E-state index in [0.29, 0.717) is 31.1 Å². The molecule has 162 valence electrons. The number of rotatable bonds is 6. The molecule has 29 heavy (non-hydrogen) atoms. The Labute approximate surface area is 179 Å². The molecule has 1 unspecified atom stereocenters. The maximum Gasteiger partial charge on any atom is 0.415 e. The summed E-state index contributed by atoms with van der Waals surface area (Å²) >= 11 is 3.75. The van der Waals surface area contributed by atoms with Crippen LogP contribution in [0.5, 0.6) is 5.75 Å². The minimum Gasteiger partial charge on any atom is -0.597 e. The fourth-order valence-electron chi connectivity index (χ4n) is 3.07. The van der Waals surface area contributed by atoms with Crippen LogP contribution in [0.15, 0.2) is 18.2 Å². The molecule has 2 N–H and O–H groups in total. The van der Waals surface area contributed by atoms with E-state index < -0.39 is 29.5 Å². The van der Waals surface area contributed by atoms with Crippen LogP contribution in [0.1, 0.15) is 33.3 Å². The van der Waals surface area contributed by atoms with Gasteiger partial charge in [-0.2, -0.15) is 0 Å². The fourth-order valence-corrected chi connectivity index (χ4v) is 6.99. The fraction of sp³-hybridized carbons (Fsp3) is 0.611. The van der Waals surface area contributed by atoms with Crippen LogP contribution in [0.4, 0.5) is 10.5 Å². The Morgan fingerprint density at radius 2 is 2.00 bits per heavy atom. The summed E-state index contributed by atoms with van der Waals surface area (Å²) < 4.78 is 32.7. The van der Waals surface area contributed by atoms with Crippen LogP contribution >= 0.6 is 6.49 Å². The van der Waals surface area contributed by atoms with Gasteiger partial charge in [0.2, 0.25) is 12.4 Å². The van der Waals surface area contributed by atoms with E-state index in [9.17, 15) is 14.5 Å². The van der Waals surface area contributed by atoms with Gasteiger partial charge in [-0.1, -0.05) is 26.0 Å². The first-order valence-corrected chi connectivity index (χ1v) is 13.4. The van der Waals surface area contributed by atoms with Gasteiger partial charge in [0, 0.05) is 17.4 Å². The Balaban J connectivity index is 1.66. The van der Waals surface area contributed by atoms with Crippen molar-refractivity contribution in [2.75, 3.05) is 30.3 Å². The van der Waals surface area contributed by atoms with Crippen molar-refractivity contribution in [1.29, 1.82) is 0 Å². The molecule has 2 aliphatic heterocycles. The summed E-state index contributed by atoms with van der Waals surface area (Å²) in [7, 11) is 0. The van der Waals surface area contributed by atoms with Crippen LogP contribution in [0.2, 0.25) is 0 Å². The normalized spacial score (nSPS) is 22.4. The number of amides is 1. The highest BCUT2D eigenvalue weighted by Crippen LogP contribution is 2.53. The van der Waals surface area contributed by atoms with E-state index in [4.69, 9.17) is 25.6 Å². The van der Waals surface area contributed by atoms with Gasteiger partial charge in [0.15, 0.2) is 0 Å². The predicted octanol–water partition coefficient (Wildman–Crippen LogP) is 3.44. The molecule has 1 atom stereocenters. The van der Waals surface area contributed by atoms with Crippen molar-refractivity contribution in [1.82, 2.24) is 4.72 Å². The molecule has 0 spiro atoms. The summed E-state index contributed by atoms with van der Waals surface area (Å²) in [4.78, 5) is 12.9. The molecule has 2 aliphatic rings. The van der Waals surface area contributed by atoms with Gasteiger partial charge in [-0.15, -0.1) is 4.72 Å². The average molecular weight is 463 g/mol. The van der Waals surface area contributed by atoms with E-state index in [2.05, 4.69) is 4.72 Å². The molecule has 0 saturated carbocycles. The summed E-state index contributed by atoms with van der Waals surface area (Å²) in [5.74, 6) is 0.251. The number of hydrogen-bond acceptors (Lipinski definition) is 7. The van der Waals surface area contributed by atoms with Crippen molar-refractivity contribution >= 4 is 41.4 Å². The van der Waals surface area contributed by atoms with Crippen molar-refractivity contribution in [2.45, 2.75) is 39.7 Å². The van der Waals surface area contributed by atoms with Gasteiger partial charge < -0.3 is 23.4 Å². The third-order valence-corrected chi connectivity index (χ3v) is 8.34. The Morgan fingerprint density at radius 1 is 1.34 bits per heavy atom. The molecule has 1 aromatic carbocycles. The van der Waals surface area contributed by atoms with Crippen molar-refractivity contribution in [2.24, 2.45) is 5.41 Å². The van der Waals surface area contributed by atoms with E-state index in [0.717, 1.165) is 10.5 Å². The molecular weight excluding hydrogens is 435 g/mol. The molecule has 1 amide bonds. The third-order valence-electron chi connectivity index (χ3n) is 4.56. The van der Waals surface area contributed by atoms with E-state index >= 15 is 0 Å². The predicted molar refractivity (Wildman–Crippen MR) is 116 cm³/mol. The third kappa shape index (κ3) is 5.64. The molecule has 1 aromatic rings. The lowest BCUT2D eigenvalue weighted by Gasteiger charge is -2.36. The second kappa shape index (κ2) is 8.34. The van der Waals surface area contributed by atoms with Crippen LogP contribution in [-0.2, 0) is 38.6 Å². The highest BCUT2D eigenvalue weighted by molar-refractivity contribution is 8.10. The van der Waals surface area contributed by atoms with E-state index in [1.54, 1.807) is 12.1 Å². The van der Waals surface area contributed by atoms with Gasteiger partial charge in [-0.25, -0.2) is 9.69 Å². The average Bonchev–Trinajstić information content (AvgIpc) is 2.95. The number of carboxylic acid groups (broad SMARTS) is 1. The molecule has 0 radical (unpaired) electrons. The zero-order valence-corrected chi connectivity index (χ0v) is 19.5. The van der Waals surface area contributed by atoms with Gasteiger partial charge in [-0.05, 0) is 31.7 Å². The minimum absolute atomic E-state index is 0.106. The van der Waals surface area contributed by atoms with Crippen LogP contribution < -0.4 is 14.4 Å². The first-order valence-electron chi connectivity index (χ1n) is 9.21. The number of nitrogens with zero attached hydrogens (tertiary/aromatic N) is 1. The van der Waals surface area contributed by atoms with Gasteiger partial charge in [0.25, 0.3) is 0 Å². The molecule has 3 rings (SSSR count). The summed E-state index contributed by atoms with van der Waals surface area (Å²) in [5, 5.41) is 9.71. The minimum atomic E-state index is -2.58. The lowest BCUT2D eigenvalue weighted by molar-refractivity contribution is 0.0601. The Kier molecular flexibility index (Phi) is 6.56. The number of fused-ring (bicyclic) bond motifs is 1. The van der Waals surface area contributed by atoms with E-state index in [1.807, 2.05) is 33.8 Å². The molecule has 2 heterocycles. The van der Waals surface area contributed by atoms with Crippen molar-refractivity contribution in [3.63, 3.8) is 0 Å². The van der Waals surface area contributed by atoms with Gasteiger partial charge in [0.1, 0.15) is 17.6 Å². The highest BCUT2D eigenvalue weighted by atomic mass is 32.5. The Morgan fingerprint density at radius 3 is 2.62 bits per heavy atom. The number of benzene rings is 1. The van der Waals surface area contributed by atoms with Gasteiger partial charge >= 0.3 is 6.09 Å². The number of nitrogens with one attached hydrogen (secondary N) is 1.